The van der Waals surface area contributed by atoms with E-state index in [0.717, 1.165) is 43.6 Å². The number of aliphatic hydroxyl groups excluding tert-OH is 1. The van der Waals surface area contributed by atoms with Crippen LogP contribution in [0, 0.1) is 5.82 Å². The van der Waals surface area contributed by atoms with Crippen LogP contribution >= 0.6 is 11.6 Å². The number of nitrogens with two attached hydrogens (primary N) is 1. The van der Waals surface area contributed by atoms with Gasteiger partial charge in [0.15, 0.2) is 0 Å². The molecule has 4 aromatic rings. The summed E-state index contributed by atoms with van der Waals surface area (Å²) < 4.78 is 52.4. The van der Waals surface area contributed by atoms with Crippen LogP contribution in [0.2, 0.25) is 5.02 Å². The predicted octanol–water partition coefficient (Wildman–Crippen LogP) is 5.48. The molecule has 10 heteroatoms. The van der Waals surface area contributed by atoms with Gasteiger partial charge in [-0.15, -0.1) is 0 Å². The molecular weight excluding hydrogens is 505 g/mol. The molecule has 2 aliphatic heterocycles. The van der Waals surface area contributed by atoms with E-state index in [2.05, 4.69) is 4.98 Å². The maximum Gasteiger partial charge on any atom is 0.300 e. The number of alkyl halides is 2. The van der Waals surface area contributed by atoms with Gasteiger partial charge in [0.05, 0.1) is 29.3 Å². The van der Waals surface area contributed by atoms with E-state index in [9.17, 15) is 9.50 Å². The fourth-order valence-electron chi connectivity index (χ4n) is 5.63. The minimum atomic E-state index is -3.50. The molecule has 7 rings (SSSR count). The second kappa shape index (κ2) is 8.44. The highest BCUT2D eigenvalue weighted by Crippen LogP contribution is 2.50. The summed E-state index contributed by atoms with van der Waals surface area (Å²) in [6.45, 7) is 0.416. The molecule has 6 nitrogen and oxygen atoms in total. The highest BCUT2D eigenvalue weighted by molar-refractivity contribution is 6.31. The lowest BCUT2D eigenvalue weighted by Crippen LogP contribution is -2.55. The highest BCUT2D eigenvalue weighted by Gasteiger charge is 2.52. The number of hydrogen-bond donors (Lipinski definition) is 2. The van der Waals surface area contributed by atoms with Gasteiger partial charge in [0.2, 0.25) is 0 Å². The zero-order valence-electron chi connectivity index (χ0n) is 19.7. The number of nitrogens with zero attached hydrogens (tertiary/aromatic N) is 3. The van der Waals surface area contributed by atoms with Gasteiger partial charge < -0.3 is 15.6 Å². The molecule has 2 bridgehead atoms. The summed E-state index contributed by atoms with van der Waals surface area (Å²) in [7, 11) is 0. The van der Waals surface area contributed by atoms with Gasteiger partial charge in [-0.1, -0.05) is 48.0 Å². The van der Waals surface area contributed by atoms with Crippen molar-refractivity contribution in [3.8, 4) is 11.3 Å². The largest absolute Gasteiger partial charge is 0.393 e. The van der Waals surface area contributed by atoms with Crippen molar-refractivity contribution >= 4 is 22.9 Å². The van der Waals surface area contributed by atoms with E-state index in [0.29, 0.717) is 23.4 Å². The Morgan fingerprint density at radius 2 is 1.84 bits per heavy atom. The van der Waals surface area contributed by atoms with E-state index < -0.39 is 27.9 Å². The van der Waals surface area contributed by atoms with Crippen molar-refractivity contribution in [1.82, 2.24) is 14.4 Å². The zero-order chi connectivity index (χ0) is 26.0. The Kier molecular flexibility index (Phi) is 5.52. The molecule has 2 saturated heterocycles. The second-order valence-electron chi connectivity index (χ2n) is 9.98. The van der Waals surface area contributed by atoms with Gasteiger partial charge in [0.1, 0.15) is 28.7 Å². The molecule has 4 heterocycles. The van der Waals surface area contributed by atoms with Crippen molar-refractivity contribution in [2.45, 2.75) is 42.6 Å². The summed E-state index contributed by atoms with van der Waals surface area (Å²) in [4.78, 5) is 9.21. The van der Waals surface area contributed by atoms with Crippen LogP contribution in [0.4, 0.5) is 19.0 Å². The number of halogens is 4. The Labute approximate surface area is 215 Å². The summed E-state index contributed by atoms with van der Waals surface area (Å²) in [5.74, 6) is -3.36. The third-order valence-corrected chi connectivity index (χ3v) is 8.31. The minimum Gasteiger partial charge on any atom is -0.393 e. The van der Waals surface area contributed by atoms with Crippen LogP contribution in [0.15, 0.2) is 54.9 Å². The van der Waals surface area contributed by atoms with Crippen LogP contribution in [0.5, 0.6) is 0 Å². The number of aliphatic hydroxyl groups is 1. The molecule has 0 atom stereocenters. The summed E-state index contributed by atoms with van der Waals surface area (Å²) in [5.41, 5.74) is 6.21. The lowest BCUT2D eigenvalue weighted by atomic mass is 9.66. The summed E-state index contributed by atoms with van der Waals surface area (Å²) in [5, 5.41) is 9.21. The number of benzene rings is 2. The molecule has 2 aromatic heterocycles. The van der Waals surface area contributed by atoms with Gasteiger partial charge in [-0.05, 0) is 31.7 Å². The lowest BCUT2D eigenvalue weighted by molar-refractivity contribution is -0.177. The molecule has 1 saturated carbocycles. The Hall–Kier alpha value is -3.14. The van der Waals surface area contributed by atoms with Gasteiger partial charge in [0, 0.05) is 29.1 Å². The van der Waals surface area contributed by atoms with E-state index in [-0.39, 0.29) is 23.4 Å². The van der Waals surface area contributed by atoms with Gasteiger partial charge in [-0.3, -0.25) is 4.40 Å². The number of hydrogen-bond acceptors (Lipinski definition) is 5. The molecule has 1 aliphatic carbocycles. The Morgan fingerprint density at radius 1 is 1.11 bits per heavy atom. The van der Waals surface area contributed by atoms with Crippen LogP contribution in [0.25, 0.3) is 16.8 Å². The molecule has 2 aromatic carbocycles. The number of anilines is 1. The normalized spacial score (nSPS) is 23.6. The standard InChI is InChI=1S/C27H24ClF3N4O2/c28-20-18(2-1-3-19(20)29)27(30,31)17-6-4-16(5-7-17)21-22-23(32)33-12-13-35(22)24(34-21)25-8-10-26(14-36,11-9-25)37-15-25/h1-7,12-13,36H,8-11,14-15H2,(H2,32,33). The zero-order valence-corrected chi connectivity index (χ0v) is 20.5. The van der Waals surface area contributed by atoms with Crippen LogP contribution in [0.1, 0.15) is 42.6 Å². The predicted molar refractivity (Wildman–Crippen MR) is 133 cm³/mol. The van der Waals surface area contributed by atoms with Crippen LogP contribution in [0.3, 0.4) is 0 Å². The molecule has 3 aliphatic rings. The van der Waals surface area contributed by atoms with Crippen molar-refractivity contribution in [2.24, 2.45) is 0 Å². The fourth-order valence-corrected chi connectivity index (χ4v) is 5.88. The smallest absolute Gasteiger partial charge is 0.300 e. The van der Waals surface area contributed by atoms with Gasteiger partial charge in [0.25, 0.3) is 5.92 Å². The summed E-state index contributed by atoms with van der Waals surface area (Å²) in [6.07, 6.45) is 6.44. The minimum absolute atomic E-state index is 0.00858. The Balaban J connectivity index is 1.42. The first kappa shape index (κ1) is 24.2. The van der Waals surface area contributed by atoms with Gasteiger partial charge in [-0.25, -0.2) is 14.4 Å². The number of aromatic nitrogens is 3. The quantitative estimate of drug-likeness (QED) is 0.358. The Bertz CT molecular complexity index is 1480. The molecule has 37 heavy (non-hydrogen) atoms. The third kappa shape index (κ3) is 3.63. The van der Waals surface area contributed by atoms with Crippen molar-refractivity contribution in [2.75, 3.05) is 18.9 Å². The molecule has 0 spiro atoms. The van der Waals surface area contributed by atoms with E-state index in [1.807, 2.05) is 4.40 Å². The topological polar surface area (TPSA) is 85.7 Å². The maximum absolute atomic E-state index is 15.3. The van der Waals surface area contributed by atoms with Crippen LogP contribution < -0.4 is 5.73 Å². The molecule has 3 fully saturated rings. The Morgan fingerprint density at radius 3 is 2.49 bits per heavy atom. The molecular formula is C27H24ClF3N4O2. The van der Waals surface area contributed by atoms with E-state index in [1.54, 1.807) is 24.5 Å². The van der Waals surface area contributed by atoms with Crippen molar-refractivity contribution in [3.05, 3.63) is 82.6 Å². The molecule has 0 unspecified atom stereocenters. The summed E-state index contributed by atoms with van der Waals surface area (Å²) >= 11 is 5.85. The summed E-state index contributed by atoms with van der Waals surface area (Å²) in [6, 6.07) is 9.01. The third-order valence-electron chi connectivity index (χ3n) is 7.93. The molecule has 0 amide bonds. The monoisotopic (exact) mass is 528 g/mol. The van der Waals surface area contributed by atoms with Crippen molar-refractivity contribution in [1.29, 1.82) is 0 Å². The second-order valence-corrected chi connectivity index (χ2v) is 10.4. The van der Waals surface area contributed by atoms with Crippen LogP contribution in [-0.4, -0.2) is 38.3 Å². The molecule has 192 valence electrons. The van der Waals surface area contributed by atoms with E-state index in [1.165, 1.54) is 18.2 Å². The first-order valence-electron chi connectivity index (χ1n) is 12.0. The van der Waals surface area contributed by atoms with Crippen molar-refractivity contribution < 1.29 is 23.0 Å². The maximum atomic E-state index is 15.3. The number of fused-ring (bicyclic) bond motifs is 4. The molecule has 3 N–H and O–H groups in total. The highest BCUT2D eigenvalue weighted by atomic mass is 35.5. The molecule has 0 radical (unpaired) electrons. The van der Waals surface area contributed by atoms with E-state index >= 15 is 8.78 Å². The van der Waals surface area contributed by atoms with E-state index in [4.69, 9.17) is 27.1 Å². The number of ether oxygens (including phenoxy) is 1. The number of imidazole rings is 1. The lowest BCUT2D eigenvalue weighted by Gasteiger charge is -2.51. The van der Waals surface area contributed by atoms with Crippen molar-refractivity contribution in [3.63, 3.8) is 0 Å². The number of rotatable bonds is 5. The first-order valence-corrected chi connectivity index (χ1v) is 12.4. The first-order chi connectivity index (χ1) is 17.7. The van der Waals surface area contributed by atoms with Crippen LogP contribution in [-0.2, 0) is 16.1 Å². The van der Waals surface area contributed by atoms with Gasteiger partial charge in [-0.2, -0.15) is 8.78 Å². The average Bonchev–Trinajstić information content (AvgIpc) is 3.33. The number of nitrogen functional groups attached to an aromatic ring is 1. The fraction of sp³-hybridized carbons (Fsp3) is 0.333. The SMILES string of the molecule is Nc1nccn2c(C34CCC(CO)(CC3)OC4)nc(-c3ccc(C(F)(F)c4cccc(F)c4Cl)cc3)c12. The van der Waals surface area contributed by atoms with Gasteiger partial charge >= 0.3 is 0 Å². The average molecular weight is 529 g/mol.